The molecule has 0 fully saturated rings. The minimum atomic E-state index is -4.40. The van der Waals surface area contributed by atoms with E-state index in [0.717, 1.165) is 19.8 Å². The van der Waals surface area contributed by atoms with Gasteiger partial charge in [-0.25, -0.2) is 22.7 Å². The van der Waals surface area contributed by atoms with Crippen molar-refractivity contribution in [2.75, 3.05) is 14.2 Å². The van der Waals surface area contributed by atoms with E-state index in [4.69, 9.17) is 0 Å². The molecule has 0 amide bonds. The highest BCUT2D eigenvalue weighted by Crippen LogP contribution is 2.34. The van der Waals surface area contributed by atoms with Gasteiger partial charge in [0.15, 0.2) is 4.21 Å². The van der Waals surface area contributed by atoms with Crippen molar-refractivity contribution in [2.24, 2.45) is 0 Å². The molecule has 1 heterocycles. The molecule has 2 N–H and O–H groups in total. The average molecular weight is 456 g/mol. The number of aliphatic carboxylic acids is 1. The maximum absolute atomic E-state index is 13.1. The number of esters is 2. The smallest absolute Gasteiger partial charge is 0.348 e. The number of methoxy groups -OCH3 is 2. The molecule has 0 saturated heterocycles. The molecule has 11 heteroatoms. The molecule has 0 bridgehead atoms. The fourth-order valence-corrected chi connectivity index (χ4v) is 5.73. The van der Waals surface area contributed by atoms with Crippen LogP contribution in [0.25, 0.3) is 0 Å². The Morgan fingerprint density at radius 2 is 1.63 bits per heavy atom. The Bertz CT molecular complexity index is 1070. The molecule has 1 atom stereocenters. The molecule has 162 valence electrons. The van der Waals surface area contributed by atoms with Crippen LogP contribution in [0, 0.1) is 13.8 Å². The Balaban J connectivity index is 2.57. The van der Waals surface area contributed by atoms with Gasteiger partial charge in [-0.3, -0.25) is 4.79 Å². The lowest BCUT2D eigenvalue weighted by atomic mass is 10.0. The number of carboxylic acid groups (broad SMARTS) is 1. The van der Waals surface area contributed by atoms with Gasteiger partial charge in [0.1, 0.15) is 4.88 Å². The zero-order chi connectivity index (χ0) is 22.6. The lowest BCUT2D eigenvalue weighted by molar-refractivity contribution is -0.137. The van der Waals surface area contributed by atoms with Gasteiger partial charge in [0, 0.05) is 0 Å². The van der Waals surface area contributed by atoms with Gasteiger partial charge < -0.3 is 14.6 Å². The van der Waals surface area contributed by atoms with E-state index in [1.54, 1.807) is 24.3 Å². The first-order valence-corrected chi connectivity index (χ1v) is 10.9. The number of aryl methyl sites for hydroxylation is 1. The second-order valence-corrected chi connectivity index (χ2v) is 9.31. The van der Waals surface area contributed by atoms with E-state index >= 15 is 0 Å². The van der Waals surface area contributed by atoms with E-state index in [0.29, 0.717) is 16.9 Å². The van der Waals surface area contributed by atoms with Crippen molar-refractivity contribution < 1.29 is 37.4 Å². The second-order valence-electron chi connectivity index (χ2n) is 6.38. The van der Waals surface area contributed by atoms with Crippen LogP contribution < -0.4 is 4.72 Å². The summed E-state index contributed by atoms with van der Waals surface area (Å²) in [7, 11) is -2.18. The first kappa shape index (κ1) is 23.5. The zero-order valence-corrected chi connectivity index (χ0v) is 18.3. The monoisotopic (exact) mass is 455 g/mol. The summed E-state index contributed by atoms with van der Waals surface area (Å²) >= 11 is 0.555. The van der Waals surface area contributed by atoms with Gasteiger partial charge in [-0.2, -0.15) is 0 Å². The number of ether oxygens (including phenoxy) is 2. The maximum Gasteiger partial charge on any atom is 0.348 e. The van der Waals surface area contributed by atoms with Gasteiger partial charge >= 0.3 is 17.9 Å². The summed E-state index contributed by atoms with van der Waals surface area (Å²) in [4.78, 5) is 35.5. The van der Waals surface area contributed by atoms with Crippen molar-refractivity contribution >= 4 is 39.3 Å². The van der Waals surface area contributed by atoms with E-state index in [1.807, 2.05) is 6.92 Å². The molecule has 30 heavy (non-hydrogen) atoms. The summed E-state index contributed by atoms with van der Waals surface area (Å²) in [6.07, 6.45) is -0.524. The number of hydrogen-bond acceptors (Lipinski definition) is 8. The van der Waals surface area contributed by atoms with Gasteiger partial charge in [-0.05, 0) is 25.0 Å². The largest absolute Gasteiger partial charge is 0.481 e. The molecule has 0 aliphatic rings. The molecule has 0 saturated carbocycles. The number of carboxylic acids is 1. The van der Waals surface area contributed by atoms with Crippen LogP contribution in [-0.2, 0) is 24.3 Å². The van der Waals surface area contributed by atoms with Crippen LogP contribution in [0.2, 0.25) is 0 Å². The molecule has 0 radical (unpaired) electrons. The first-order valence-electron chi connectivity index (χ1n) is 8.62. The summed E-state index contributed by atoms with van der Waals surface area (Å²) in [5, 5.41) is 9.23. The molecule has 9 nitrogen and oxygen atoms in total. The Labute approximate surface area is 177 Å². The molecular formula is C19H21NO8S2. The molecule has 1 aromatic heterocycles. The zero-order valence-electron chi connectivity index (χ0n) is 16.7. The van der Waals surface area contributed by atoms with E-state index < -0.39 is 44.6 Å². The van der Waals surface area contributed by atoms with Crippen molar-refractivity contribution in [3.05, 3.63) is 51.4 Å². The third-order valence-electron chi connectivity index (χ3n) is 4.27. The van der Waals surface area contributed by atoms with E-state index in [9.17, 15) is 27.9 Å². The van der Waals surface area contributed by atoms with Crippen LogP contribution in [0.4, 0.5) is 0 Å². The standard InChI is InChI=1S/C19H21NO8S2/c1-10-5-7-12(8-6-10)13(9-14(21)22)20-30(25,26)19-15(17(23)27-3)11(2)16(29-19)18(24)28-4/h5-8,13,20H,9H2,1-4H3,(H,21,22). The van der Waals surface area contributed by atoms with Crippen LogP contribution in [0.15, 0.2) is 28.5 Å². The summed E-state index contributed by atoms with van der Waals surface area (Å²) in [5.74, 6) is -2.96. The molecule has 1 aromatic carbocycles. The molecule has 0 aliphatic heterocycles. The van der Waals surface area contributed by atoms with Crippen molar-refractivity contribution in [3.63, 3.8) is 0 Å². The van der Waals surface area contributed by atoms with Crippen LogP contribution >= 0.6 is 11.3 Å². The first-order chi connectivity index (χ1) is 14.0. The van der Waals surface area contributed by atoms with Crippen molar-refractivity contribution in [3.8, 4) is 0 Å². The number of thiophene rings is 1. The molecule has 2 aromatic rings. The number of carbonyl (C=O) groups is 3. The van der Waals surface area contributed by atoms with Gasteiger partial charge in [0.05, 0.1) is 32.2 Å². The molecule has 0 spiro atoms. The highest BCUT2D eigenvalue weighted by atomic mass is 32.2. The lowest BCUT2D eigenvalue weighted by Gasteiger charge is -2.18. The minimum Gasteiger partial charge on any atom is -0.481 e. The number of nitrogens with one attached hydrogen (secondary N) is 1. The fraction of sp³-hybridized carbons (Fsp3) is 0.316. The summed E-state index contributed by atoms with van der Waals surface area (Å²) < 4.78 is 37.5. The number of benzene rings is 1. The molecule has 0 aliphatic carbocycles. The number of rotatable bonds is 8. The Morgan fingerprint density at radius 1 is 1.07 bits per heavy atom. The predicted octanol–water partition coefficient (Wildman–Crippen LogP) is 2.43. The van der Waals surface area contributed by atoms with Crippen LogP contribution in [0.5, 0.6) is 0 Å². The Hall–Kier alpha value is -2.76. The summed E-state index contributed by atoms with van der Waals surface area (Å²) in [6, 6.07) is 5.59. The fourth-order valence-electron chi connectivity index (χ4n) is 2.74. The lowest BCUT2D eigenvalue weighted by Crippen LogP contribution is -2.30. The van der Waals surface area contributed by atoms with E-state index in [-0.39, 0.29) is 16.0 Å². The van der Waals surface area contributed by atoms with Gasteiger partial charge in [0.2, 0.25) is 0 Å². The third-order valence-corrected chi connectivity index (χ3v) is 7.54. The highest BCUT2D eigenvalue weighted by molar-refractivity contribution is 7.91. The van der Waals surface area contributed by atoms with Crippen molar-refractivity contribution in [2.45, 2.75) is 30.5 Å². The normalized spacial score (nSPS) is 12.3. The Kier molecular flexibility index (Phi) is 7.34. The number of carbonyl (C=O) groups excluding carboxylic acids is 2. The van der Waals surface area contributed by atoms with Crippen molar-refractivity contribution in [1.29, 1.82) is 0 Å². The van der Waals surface area contributed by atoms with E-state index in [1.165, 1.54) is 6.92 Å². The topological polar surface area (TPSA) is 136 Å². The SMILES string of the molecule is COC(=O)c1sc(S(=O)(=O)NC(CC(=O)O)c2ccc(C)cc2)c(C(=O)OC)c1C. The maximum atomic E-state index is 13.1. The molecular weight excluding hydrogens is 434 g/mol. The van der Waals surface area contributed by atoms with E-state index in [2.05, 4.69) is 14.2 Å². The number of sulfonamides is 1. The molecule has 1 unspecified atom stereocenters. The summed E-state index contributed by atoms with van der Waals surface area (Å²) in [6.45, 7) is 3.24. The van der Waals surface area contributed by atoms with Crippen LogP contribution in [0.3, 0.4) is 0 Å². The van der Waals surface area contributed by atoms with Crippen molar-refractivity contribution in [1.82, 2.24) is 4.72 Å². The molecule has 2 rings (SSSR count). The van der Waals surface area contributed by atoms with Gasteiger partial charge in [-0.15, -0.1) is 11.3 Å². The summed E-state index contributed by atoms with van der Waals surface area (Å²) in [5.41, 5.74) is 1.16. The number of hydrogen-bond donors (Lipinski definition) is 2. The quantitative estimate of drug-likeness (QED) is 0.579. The van der Waals surface area contributed by atoms with Gasteiger partial charge in [-0.1, -0.05) is 29.8 Å². The third kappa shape index (κ3) is 5.04. The van der Waals surface area contributed by atoms with Gasteiger partial charge in [0.25, 0.3) is 10.0 Å². The second kappa shape index (κ2) is 9.37. The predicted molar refractivity (Wildman–Crippen MR) is 108 cm³/mol. The average Bonchev–Trinajstić information content (AvgIpc) is 3.04. The minimum absolute atomic E-state index is 0.0663. The van der Waals surface area contributed by atoms with Crippen LogP contribution in [0.1, 0.15) is 49.2 Å². The van der Waals surface area contributed by atoms with Crippen LogP contribution in [-0.4, -0.2) is 45.7 Å². The highest BCUT2D eigenvalue weighted by Gasteiger charge is 2.34. The Morgan fingerprint density at radius 3 is 2.13 bits per heavy atom.